The first-order valence-electron chi connectivity index (χ1n) is 9.36. The van der Waals surface area contributed by atoms with Crippen molar-refractivity contribution in [3.63, 3.8) is 0 Å². The van der Waals surface area contributed by atoms with Crippen LogP contribution in [0.4, 0.5) is 0 Å². The van der Waals surface area contributed by atoms with Gasteiger partial charge in [0.15, 0.2) is 0 Å². The molecule has 0 aliphatic rings. The number of rotatable bonds is 10. The van der Waals surface area contributed by atoms with Crippen molar-refractivity contribution in [1.82, 2.24) is 16.0 Å². The van der Waals surface area contributed by atoms with Crippen LogP contribution < -0.4 is 20.7 Å². The Morgan fingerprint density at radius 2 is 1.53 bits per heavy atom. The molecule has 0 aromatic heterocycles. The molecule has 9 nitrogen and oxygen atoms in total. The molecule has 0 saturated carbocycles. The molecular formula is C20H29N3O6S. The van der Waals surface area contributed by atoms with E-state index in [1.165, 1.54) is 0 Å². The topological polar surface area (TPSA) is 123 Å². The van der Waals surface area contributed by atoms with Gasteiger partial charge in [-0.3, -0.25) is 14.4 Å². The van der Waals surface area contributed by atoms with Gasteiger partial charge in [-0.25, -0.2) is 4.79 Å². The van der Waals surface area contributed by atoms with Crippen molar-refractivity contribution in [2.75, 3.05) is 32.5 Å². The van der Waals surface area contributed by atoms with Crippen LogP contribution in [0.3, 0.4) is 0 Å². The Labute approximate surface area is 180 Å². The molecule has 0 atom stereocenters. The third kappa shape index (κ3) is 11.3. The van der Waals surface area contributed by atoms with Gasteiger partial charge >= 0.3 is 11.9 Å². The number of benzene rings is 1. The molecule has 0 radical (unpaired) electrons. The number of amides is 3. The van der Waals surface area contributed by atoms with E-state index in [9.17, 15) is 19.2 Å². The van der Waals surface area contributed by atoms with Crippen LogP contribution >= 0.6 is 11.8 Å². The molecule has 0 heterocycles. The molecule has 166 valence electrons. The predicted octanol–water partition coefficient (Wildman–Crippen LogP) is 0.619. The Kier molecular flexibility index (Phi) is 10.7. The molecule has 1 aromatic rings. The average molecular weight is 440 g/mol. The second kappa shape index (κ2) is 12.7. The zero-order valence-corrected chi connectivity index (χ0v) is 18.5. The second-order valence-corrected chi connectivity index (χ2v) is 8.32. The molecule has 0 aliphatic carbocycles. The van der Waals surface area contributed by atoms with Crippen LogP contribution in [0.1, 0.15) is 26.3 Å². The van der Waals surface area contributed by atoms with Gasteiger partial charge in [-0.05, 0) is 38.5 Å². The number of hydrogen-bond donors (Lipinski definition) is 3. The van der Waals surface area contributed by atoms with Crippen LogP contribution in [0.5, 0.6) is 5.75 Å². The fourth-order valence-corrected chi connectivity index (χ4v) is 2.85. The molecule has 0 bridgehead atoms. The number of nitrogens with one attached hydrogen (secondary N) is 3. The van der Waals surface area contributed by atoms with Crippen molar-refractivity contribution < 1.29 is 28.7 Å². The Balaban J connectivity index is 2.12. The van der Waals surface area contributed by atoms with Crippen LogP contribution in [0.25, 0.3) is 0 Å². The maximum atomic E-state index is 11.7. The van der Waals surface area contributed by atoms with Crippen molar-refractivity contribution in [3.05, 3.63) is 29.8 Å². The molecule has 1 aromatic carbocycles. The quantitative estimate of drug-likeness (QED) is 0.277. The van der Waals surface area contributed by atoms with Crippen molar-refractivity contribution in [3.8, 4) is 5.75 Å². The summed E-state index contributed by atoms with van der Waals surface area (Å²) in [7, 11) is 1.62. The zero-order chi connectivity index (χ0) is 22.6. The second-order valence-electron chi connectivity index (χ2n) is 7.21. The summed E-state index contributed by atoms with van der Waals surface area (Å²) in [6, 6.07) is 7.77. The molecule has 0 unspecified atom stereocenters. The minimum absolute atomic E-state index is 0.218. The van der Waals surface area contributed by atoms with Crippen LogP contribution in [-0.4, -0.2) is 61.8 Å². The van der Waals surface area contributed by atoms with Gasteiger partial charge in [-0.1, -0.05) is 12.1 Å². The van der Waals surface area contributed by atoms with E-state index in [1.807, 2.05) is 24.3 Å². The lowest BCUT2D eigenvalue weighted by Gasteiger charge is -2.18. The third-order valence-corrected chi connectivity index (χ3v) is 4.47. The van der Waals surface area contributed by atoms with Gasteiger partial charge < -0.3 is 25.4 Å². The van der Waals surface area contributed by atoms with E-state index >= 15 is 0 Å². The third-order valence-electron chi connectivity index (χ3n) is 3.44. The van der Waals surface area contributed by atoms with Gasteiger partial charge in [-0.2, -0.15) is 11.8 Å². The van der Waals surface area contributed by atoms with Crippen molar-refractivity contribution in [1.29, 1.82) is 0 Å². The van der Waals surface area contributed by atoms with Crippen molar-refractivity contribution >= 4 is 35.5 Å². The molecule has 0 spiro atoms. The van der Waals surface area contributed by atoms with E-state index in [1.54, 1.807) is 39.6 Å². The number of hydrogen-bond acceptors (Lipinski definition) is 7. The normalized spacial score (nSPS) is 10.7. The first-order valence-corrected chi connectivity index (χ1v) is 10.5. The number of esters is 1. The minimum atomic E-state index is -1.07. The van der Waals surface area contributed by atoms with E-state index in [-0.39, 0.29) is 12.5 Å². The van der Waals surface area contributed by atoms with Gasteiger partial charge in [0.05, 0.1) is 20.2 Å². The maximum Gasteiger partial charge on any atom is 0.397 e. The number of methoxy groups -OCH3 is 1. The van der Waals surface area contributed by atoms with Crippen LogP contribution in [0.15, 0.2) is 24.3 Å². The molecule has 0 fully saturated rings. The van der Waals surface area contributed by atoms with E-state index in [0.717, 1.165) is 22.8 Å². The number of carbonyl (C=O) groups excluding carboxylic acids is 4. The minimum Gasteiger partial charge on any atom is -0.497 e. The van der Waals surface area contributed by atoms with Crippen molar-refractivity contribution in [2.24, 2.45) is 0 Å². The zero-order valence-electron chi connectivity index (χ0n) is 17.7. The fourth-order valence-electron chi connectivity index (χ4n) is 2.04. The summed E-state index contributed by atoms with van der Waals surface area (Å²) in [5.74, 6) is -0.671. The molecule has 30 heavy (non-hydrogen) atoms. The van der Waals surface area contributed by atoms with Gasteiger partial charge in [0, 0.05) is 18.1 Å². The highest BCUT2D eigenvalue weighted by Gasteiger charge is 2.23. The summed E-state index contributed by atoms with van der Waals surface area (Å²) in [5.41, 5.74) is 0.356. The molecular weight excluding hydrogens is 410 g/mol. The molecule has 3 amide bonds. The first-order chi connectivity index (χ1) is 14.1. The molecule has 0 aliphatic heterocycles. The molecule has 0 saturated heterocycles. The maximum absolute atomic E-state index is 11.7. The lowest BCUT2D eigenvalue weighted by Crippen LogP contribution is -2.44. The van der Waals surface area contributed by atoms with Gasteiger partial charge in [-0.15, -0.1) is 0 Å². The van der Waals surface area contributed by atoms with E-state index in [0.29, 0.717) is 6.54 Å². The molecule has 10 heteroatoms. The highest BCUT2D eigenvalue weighted by molar-refractivity contribution is 7.98. The highest BCUT2D eigenvalue weighted by Crippen LogP contribution is 2.16. The van der Waals surface area contributed by atoms with E-state index in [4.69, 9.17) is 9.47 Å². The Morgan fingerprint density at radius 1 is 0.933 bits per heavy atom. The Bertz CT molecular complexity index is 731. The monoisotopic (exact) mass is 439 g/mol. The average Bonchev–Trinajstić information content (AvgIpc) is 2.69. The lowest BCUT2D eigenvalue weighted by molar-refractivity contribution is -0.163. The predicted molar refractivity (Wildman–Crippen MR) is 114 cm³/mol. The first kappa shape index (κ1) is 25.3. The molecule has 3 N–H and O–H groups in total. The molecule has 1 rings (SSSR count). The van der Waals surface area contributed by atoms with Gasteiger partial charge in [0.25, 0.3) is 0 Å². The summed E-state index contributed by atoms with van der Waals surface area (Å²) >= 11 is 1.67. The largest absolute Gasteiger partial charge is 0.497 e. The smallest absolute Gasteiger partial charge is 0.397 e. The Morgan fingerprint density at radius 3 is 2.13 bits per heavy atom. The number of thioether (sulfide) groups is 1. The van der Waals surface area contributed by atoms with Crippen LogP contribution in [0.2, 0.25) is 0 Å². The standard InChI is InChI=1S/C20H29N3O6S/c1-20(2,3)29-19(27)18(26)23-12-17(25)22-11-16(24)21-9-10-30-13-14-5-7-15(28-4)8-6-14/h5-8H,9-13H2,1-4H3,(H,21,24)(H,22,25)(H,23,26). The Hall–Kier alpha value is -2.75. The summed E-state index contributed by atoms with van der Waals surface area (Å²) in [6.45, 7) is 4.70. The highest BCUT2D eigenvalue weighted by atomic mass is 32.2. The van der Waals surface area contributed by atoms with Crippen molar-refractivity contribution in [2.45, 2.75) is 32.1 Å². The summed E-state index contributed by atoms with van der Waals surface area (Å²) in [6.07, 6.45) is 0. The fraction of sp³-hybridized carbons (Fsp3) is 0.500. The van der Waals surface area contributed by atoms with Crippen LogP contribution in [-0.2, 0) is 29.7 Å². The van der Waals surface area contributed by atoms with Gasteiger partial charge in [0.2, 0.25) is 11.8 Å². The van der Waals surface area contributed by atoms with Gasteiger partial charge in [0.1, 0.15) is 11.4 Å². The SMILES string of the molecule is COc1ccc(CSCCNC(=O)CNC(=O)CNC(=O)C(=O)OC(C)(C)C)cc1. The number of ether oxygens (including phenoxy) is 2. The number of carbonyl (C=O) groups is 4. The lowest BCUT2D eigenvalue weighted by atomic mass is 10.2. The van der Waals surface area contributed by atoms with E-state index < -0.39 is 29.9 Å². The van der Waals surface area contributed by atoms with Crippen LogP contribution in [0, 0.1) is 0 Å². The summed E-state index contributed by atoms with van der Waals surface area (Å²) in [4.78, 5) is 46.4. The summed E-state index contributed by atoms with van der Waals surface area (Å²) in [5, 5.41) is 7.20. The summed E-state index contributed by atoms with van der Waals surface area (Å²) < 4.78 is 9.99. The van der Waals surface area contributed by atoms with E-state index in [2.05, 4.69) is 16.0 Å².